The van der Waals surface area contributed by atoms with E-state index >= 15 is 0 Å². The Morgan fingerprint density at radius 3 is 3.07 bits per heavy atom. The van der Waals surface area contributed by atoms with Crippen molar-refractivity contribution < 1.29 is 15.1 Å². The molecule has 1 fully saturated rings. The first kappa shape index (κ1) is 11.2. The Morgan fingerprint density at radius 2 is 2.43 bits per heavy atom. The van der Waals surface area contributed by atoms with Gasteiger partial charge in [-0.2, -0.15) is 0 Å². The largest absolute Gasteiger partial charge is 0.409 e. The second-order valence-corrected chi connectivity index (χ2v) is 3.32. The van der Waals surface area contributed by atoms with Crippen molar-refractivity contribution in [3.05, 3.63) is 0 Å². The quantitative estimate of drug-likeness (QED) is 0.231. The van der Waals surface area contributed by atoms with Gasteiger partial charge in [-0.1, -0.05) is 5.16 Å². The lowest BCUT2D eigenvalue weighted by molar-refractivity contribution is -0.0519. The normalized spacial score (nSPS) is 25.2. The number of oxime groups is 1. The van der Waals surface area contributed by atoms with Crippen LogP contribution in [-0.4, -0.2) is 60.0 Å². The lowest BCUT2D eigenvalue weighted by Gasteiger charge is -2.31. The van der Waals surface area contributed by atoms with Crippen LogP contribution in [0.3, 0.4) is 0 Å². The van der Waals surface area contributed by atoms with E-state index in [2.05, 4.69) is 10.1 Å². The molecule has 1 rings (SSSR count). The summed E-state index contributed by atoms with van der Waals surface area (Å²) in [5, 5.41) is 20.1. The zero-order valence-corrected chi connectivity index (χ0v) is 8.09. The van der Waals surface area contributed by atoms with Crippen molar-refractivity contribution in [1.29, 1.82) is 0 Å². The van der Waals surface area contributed by atoms with Gasteiger partial charge in [-0.3, -0.25) is 4.90 Å². The maximum absolute atomic E-state index is 8.89. The van der Waals surface area contributed by atoms with Gasteiger partial charge in [0.15, 0.2) is 0 Å². The van der Waals surface area contributed by atoms with E-state index in [9.17, 15) is 0 Å². The average Bonchev–Trinajstić information content (AvgIpc) is 2.26. The van der Waals surface area contributed by atoms with Crippen LogP contribution in [-0.2, 0) is 4.74 Å². The molecule has 4 N–H and O–H groups in total. The molecule has 6 nitrogen and oxygen atoms in total. The first-order chi connectivity index (χ1) is 6.76. The second-order valence-electron chi connectivity index (χ2n) is 3.32. The Hall–Kier alpha value is -0.850. The summed E-state index contributed by atoms with van der Waals surface area (Å²) in [7, 11) is 0. The molecule has 1 unspecified atom stereocenters. The zero-order valence-electron chi connectivity index (χ0n) is 8.09. The lowest BCUT2D eigenvalue weighted by atomic mass is 10.2. The molecule has 0 spiro atoms. The van der Waals surface area contributed by atoms with Gasteiger partial charge >= 0.3 is 0 Å². The molecule has 1 atom stereocenters. The Morgan fingerprint density at radius 1 is 1.64 bits per heavy atom. The topological polar surface area (TPSA) is 91.3 Å². The Bertz CT molecular complexity index is 198. The van der Waals surface area contributed by atoms with Gasteiger partial charge in [0.25, 0.3) is 0 Å². The fourth-order valence-corrected chi connectivity index (χ4v) is 1.42. The lowest BCUT2D eigenvalue weighted by Crippen LogP contribution is -2.44. The van der Waals surface area contributed by atoms with Crippen LogP contribution in [0.1, 0.15) is 6.42 Å². The molecule has 0 bridgehead atoms. The van der Waals surface area contributed by atoms with Crippen LogP contribution in [0.4, 0.5) is 0 Å². The third kappa shape index (κ3) is 3.49. The van der Waals surface area contributed by atoms with Crippen molar-refractivity contribution in [3.63, 3.8) is 0 Å². The zero-order chi connectivity index (χ0) is 10.4. The van der Waals surface area contributed by atoms with Gasteiger partial charge in [0, 0.05) is 26.1 Å². The summed E-state index contributed by atoms with van der Waals surface area (Å²) >= 11 is 0. The van der Waals surface area contributed by atoms with Crippen LogP contribution in [0.5, 0.6) is 0 Å². The second kappa shape index (κ2) is 5.79. The molecular weight excluding hydrogens is 186 g/mol. The Labute approximate surface area is 82.9 Å². The molecule has 0 aromatic carbocycles. The molecular formula is C8H17N3O3. The summed E-state index contributed by atoms with van der Waals surface area (Å²) < 4.78 is 5.29. The summed E-state index contributed by atoms with van der Waals surface area (Å²) in [5.74, 6) is 0.233. The summed E-state index contributed by atoms with van der Waals surface area (Å²) in [6, 6.07) is 0. The Balaban J connectivity index is 2.24. The number of nitrogens with zero attached hydrogens (tertiary/aromatic N) is 2. The molecule has 0 aliphatic carbocycles. The molecule has 1 heterocycles. The highest BCUT2D eigenvalue weighted by Crippen LogP contribution is 2.04. The van der Waals surface area contributed by atoms with E-state index in [1.165, 1.54) is 0 Å². The SMILES string of the molecule is NC(CCN1CCOC(CO)C1)=NO. The average molecular weight is 203 g/mol. The van der Waals surface area contributed by atoms with E-state index in [0.717, 1.165) is 13.1 Å². The summed E-state index contributed by atoms with van der Waals surface area (Å²) in [4.78, 5) is 2.13. The van der Waals surface area contributed by atoms with Crippen molar-refractivity contribution in [2.24, 2.45) is 10.9 Å². The minimum absolute atomic E-state index is 0.0417. The number of hydrogen-bond donors (Lipinski definition) is 3. The molecule has 6 heteroatoms. The first-order valence-corrected chi connectivity index (χ1v) is 4.67. The minimum Gasteiger partial charge on any atom is -0.409 e. The Kier molecular flexibility index (Phi) is 4.64. The van der Waals surface area contributed by atoms with Crippen molar-refractivity contribution in [2.45, 2.75) is 12.5 Å². The smallest absolute Gasteiger partial charge is 0.140 e. The molecule has 0 amide bonds. The summed E-state index contributed by atoms with van der Waals surface area (Å²) in [6.07, 6.45) is 0.435. The maximum atomic E-state index is 8.89. The number of ether oxygens (including phenoxy) is 1. The first-order valence-electron chi connectivity index (χ1n) is 4.67. The van der Waals surface area contributed by atoms with E-state index in [4.69, 9.17) is 20.8 Å². The van der Waals surface area contributed by atoms with Crippen LogP contribution < -0.4 is 5.73 Å². The predicted molar refractivity (Wildman–Crippen MR) is 51.3 cm³/mol. The summed E-state index contributed by atoms with van der Waals surface area (Å²) in [5.41, 5.74) is 5.35. The number of aliphatic hydroxyl groups excluding tert-OH is 1. The molecule has 14 heavy (non-hydrogen) atoms. The van der Waals surface area contributed by atoms with Crippen LogP contribution in [0.25, 0.3) is 0 Å². The highest BCUT2D eigenvalue weighted by Gasteiger charge is 2.19. The number of nitrogens with two attached hydrogens (primary N) is 1. The van der Waals surface area contributed by atoms with Crippen molar-refractivity contribution in [2.75, 3.05) is 32.8 Å². The van der Waals surface area contributed by atoms with Gasteiger partial charge in [-0.05, 0) is 0 Å². The van der Waals surface area contributed by atoms with Crippen molar-refractivity contribution >= 4 is 5.84 Å². The standard InChI is InChI=1S/C8H17N3O3/c9-8(10-13)1-2-11-3-4-14-7(5-11)6-12/h7,12-13H,1-6H2,(H2,9,10). The highest BCUT2D eigenvalue weighted by atomic mass is 16.5. The van der Waals surface area contributed by atoms with Gasteiger partial charge in [0.2, 0.25) is 0 Å². The molecule has 0 saturated carbocycles. The fraction of sp³-hybridized carbons (Fsp3) is 0.875. The van der Waals surface area contributed by atoms with Gasteiger partial charge in [0.1, 0.15) is 5.84 Å². The van der Waals surface area contributed by atoms with E-state index < -0.39 is 0 Å². The highest BCUT2D eigenvalue weighted by molar-refractivity contribution is 5.79. The number of aliphatic hydroxyl groups is 1. The van der Waals surface area contributed by atoms with Crippen LogP contribution in [0, 0.1) is 0 Å². The van der Waals surface area contributed by atoms with Crippen molar-refractivity contribution in [1.82, 2.24) is 4.90 Å². The van der Waals surface area contributed by atoms with E-state index in [1.807, 2.05) is 0 Å². The molecule has 0 aromatic heterocycles. The third-order valence-electron chi connectivity index (χ3n) is 2.24. The van der Waals surface area contributed by atoms with Gasteiger partial charge in [-0.15, -0.1) is 0 Å². The van der Waals surface area contributed by atoms with Gasteiger partial charge < -0.3 is 20.8 Å². The van der Waals surface area contributed by atoms with Crippen molar-refractivity contribution in [3.8, 4) is 0 Å². The van der Waals surface area contributed by atoms with Gasteiger partial charge in [0.05, 0.1) is 19.3 Å². The molecule has 82 valence electrons. The predicted octanol–water partition coefficient (Wildman–Crippen LogP) is -1.18. The fourth-order valence-electron chi connectivity index (χ4n) is 1.42. The van der Waals surface area contributed by atoms with E-state index in [1.54, 1.807) is 0 Å². The number of rotatable bonds is 4. The maximum Gasteiger partial charge on any atom is 0.140 e. The molecule has 1 saturated heterocycles. The number of amidine groups is 1. The third-order valence-corrected chi connectivity index (χ3v) is 2.24. The monoisotopic (exact) mass is 203 g/mol. The number of hydrogen-bond acceptors (Lipinski definition) is 5. The number of morpholine rings is 1. The van der Waals surface area contributed by atoms with Crippen LogP contribution in [0.2, 0.25) is 0 Å². The summed E-state index contributed by atoms with van der Waals surface area (Å²) in [6.45, 7) is 2.93. The minimum atomic E-state index is -0.101. The van der Waals surface area contributed by atoms with E-state index in [0.29, 0.717) is 19.6 Å². The van der Waals surface area contributed by atoms with E-state index in [-0.39, 0.29) is 18.5 Å². The molecule has 1 aliphatic heterocycles. The molecule has 0 aromatic rings. The van der Waals surface area contributed by atoms with Crippen LogP contribution >= 0.6 is 0 Å². The van der Waals surface area contributed by atoms with Crippen LogP contribution in [0.15, 0.2) is 5.16 Å². The van der Waals surface area contributed by atoms with Gasteiger partial charge in [-0.25, -0.2) is 0 Å². The molecule has 1 aliphatic rings. The molecule has 0 radical (unpaired) electrons.